The minimum Gasteiger partial charge on any atom is -0.382 e. The van der Waals surface area contributed by atoms with Gasteiger partial charge in [-0.3, -0.25) is 10.1 Å². The van der Waals surface area contributed by atoms with E-state index in [0.29, 0.717) is 5.75 Å². The molecule has 1 N–H and O–H groups in total. The Morgan fingerprint density at radius 2 is 2.11 bits per heavy atom. The maximum absolute atomic E-state index is 10.5. The first kappa shape index (κ1) is 12.4. The molecule has 6 heteroatoms. The highest BCUT2D eigenvalue weighted by atomic mass is 16.6. The summed E-state index contributed by atoms with van der Waals surface area (Å²) in [4.78, 5) is 17.6. The molecule has 1 aliphatic rings. The fourth-order valence-corrected chi connectivity index (χ4v) is 1.62. The van der Waals surface area contributed by atoms with Crippen LogP contribution in [0.2, 0.25) is 0 Å². The Morgan fingerprint density at radius 3 is 2.67 bits per heavy atom. The van der Waals surface area contributed by atoms with Gasteiger partial charge in [0.25, 0.3) is 5.69 Å². The van der Waals surface area contributed by atoms with Crippen molar-refractivity contribution in [1.82, 2.24) is 10.4 Å². The first-order chi connectivity index (χ1) is 8.65. The quantitative estimate of drug-likeness (QED) is 0.649. The topological polar surface area (TPSA) is 67.6 Å². The fraction of sp³-hybridized carbons (Fsp3) is 0.333. The van der Waals surface area contributed by atoms with Crippen molar-refractivity contribution in [3.8, 4) is 5.75 Å². The molecule has 2 rings (SSSR count). The fourth-order valence-electron chi connectivity index (χ4n) is 1.62. The molecule has 0 spiro atoms. The number of nitro benzene ring substituents is 1. The minimum absolute atomic E-state index is 0.0563. The number of nitrogens with one attached hydrogen (secondary N) is 1. The number of hydrogen-bond acceptors (Lipinski definition) is 5. The Bertz CT molecular complexity index is 456. The Hall–Kier alpha value is -2.08. The summed E-state index contributed by atoms with van der Waals surface area (Å²) in [5, 5.41) is 10.5. The van der Waals surface area contributed by atoms with Crippen LogP contribution in [0.15, 0.2) is 36.0 Å². The van der Waals surface area contributed by atoms with Gasteiger partial charge in [-0.25, -0.2) is 5.48 Å². The number of likely N-dealkylation sites (N-methyl/N-ethyl adjacent to an activating group) is 1. The maximum Gasteiger partial charge on any atom is 0.269 e. The lowest BCUT2D eigenvalue weighted by Gasteiger charge is -2.22. The van der Waals surface area contributed by atoms with Gasteiger partial charge in [-0.2, -0.15) is 0 Å². The summed E-state index contributed by atoms with van der Waals surface area (Å²) in [5.41, 5.74) is 3.96. The van der Waals surface area contributed by atoms with E-state index >= 15 is 0 Å². The molecule has 0 saturated carbocycles. The lowest BCUT2D eigenvalue weighted by Crippen LogP contribution is -2.29. The summed E-state index contributed by atoms with van der Waals surface area (Å²) in [5.74, 6) is 0.556. The third-order valence-electron chi connectivity index (χ3n) is 2.76. The highest BCUT2D eigenvalue weighted by Gasteiger charge is 2.08. The van der Waals surface area contributed by atoms with Crippen LogP contribution in [-0.4, -0.2) is 30.0 Å². The molecule has 0 bridgehead atoms. The van der Waals surface area contributed by atoms with Crippen LogP contribution in [0.25, 0.3) is 0 Å². The van der Waals surface area contributed by atoms with Crippen LogP contribution < -0.4 is 10.3 Å². The number of hydrogen-bond donors (Lipinski definition) is 1. The van der Waals surface area contributed by atoms with E-state index in [9.17, 15) is 10.1 Å². The average Bonchev–Trinajstić information content (AvgIpc) is 2.38. The Morgan fingerprint density at radius 1 is 1.39 bits per heavy atom. The molecule has 1 heterocycles. The van der Waals surface area contributed by atoms with Crippen molar-refractivity contribution in [3.63, 3.8) is 0 Å². The van der Waals surface area contributed by atoms with Crippen molar-refractivity contribution >= 4 is 5.69 Å². The lowest BCUT2D eigenvalue weighted by molar-refractivity contribution is -0.384. The van der Waals surface area contributed by atoms with Crippen molar-refractivity contribution in [2.24, 2.45) is 0 Å². The zero-order valence-corrected chi connectivity index (χ0v) is 10.1. The van der Waals surface area contributed by atoms with Gasteiger partial charge in [-0.05, 0) is 25.3 Å². The summed E-state index contributed by atoms with van der Waals surface area (Å²) in [6, 6.07) is 5.97. The van der Waals surface area contributed by atoms with Crippen LogP contribution >= 0.6 is 0 Å². The van der Waals surface area contributed by atoms with Gasteiger partial charge >= 0.3 is 0 Å². The molecule has 0 aromatic heterocycles. The van der Waals surface area contributed by atoms with Gasteiger partial charge in [0.1, 0.15) is 0 Å². The first-order valence-electron chi connectivity index (χ1n) is 5.70. The van der Waals surface area contributed by atoms with Crippen LogP contribution in [0.3, 0.4) is 0 Å². The molecule has 0 atom stereocenters. The molecule has 0 aliphatic carbocycles. The number of non-ortho nitro benzene ring substituents is 1. The Balaban J connectivity index is 1.88. The number of nitro groups is 1. The number of rotatable bonds is 4. The van der Waals surface area contributed by atoms with Crippen molar-refractivity contribution < 1.29 is 9.76 Å². The second-order valence-corrected chi connectivity index (χ2v) is 4.20. The van der Waals surface area contributed by atoms with E-state index in [1.54, 1.807) is 12.1 Å². The van der Waals surface area contributed by atoms with Gasteiger partial charge in [-0.15, -0.1) is 0 Å². The number of hydroxylamine groups is 1. The van der Waals surface area contributed by atoms with Crippen molar-refractivity contribution in [3.05, 3.63) is 46.2 Å². The Kier molecular flexibility index (Phi) is 3.78. The summed E-state index contributed by atoms with van der Waals surface area (Å²) in [6.07, 6.45) is 2.97. The van der Waals surface area contributed by atoms with Gasteiger partial charge in [-0.1, -0.05) is 0 Å². The molecule has 0 amide bonds. The lowest BCUT2D eigenvalue weighted by atomic mass is 10.2. The predicted octanol–water partition coefficient (Wildman–Crippen LogP) is 1.70. The van der Waals surface area contributed by atoms with E-state index in [1.807, 2.05) is 0 Å². The van der Waals surface area contributed by atoms with Gasteiger partial charge in [0.15, 0.2) is 5.75 Å². The largest absolute Gasteiger partial charge is 0.382 e. The van der Waals surface area contributed by atoms with Crippen LogP contribution in [0, 0.1) is 10.1 Å². The zero-order chi connectivity index (χ0) is 13.0. The smallest absolute Gasteiger partial charge is 0.269 e. The third kappa shape index (κ3) is 3.21. The summed E-state index contributed by atoms with van der Waals surface area (Å²) < 4.78 is 0. The molecular weight excluding hydrogens is 234 g/mol. The van der Waals surface area contributed by atoms with Crippen LogP contribution in [0.1, 0.15) is 6.42 Å². The molecule has 1 aromatic carbocycles. The van der Waals surface area contributed by atoms with E-state index in [4.69, 9.17) is 4.84 Å². The van der Waals surface area contributed by atoms with Gasteiger partial charge < -0.3 is 9.74 Å². The molecule has 0 fully saturated rings. The second kappa shape index (κ2) is 5.50. The summed E-state index contributed by atoms with van der Waals surface area (Å²) >= 11 is 0. The van der Waals surface area contributed by atoms with E-state index in [-0.39, 0.29) is 5.69 Å². The average molecular weight is 249 g/mol. The zero-order valence-electron chi connectivity index (χ0n) is 10.1. The monoisotopic (exact) mass is 249 g/mol. The van der Waals surface area contributed by atoms with Gasteiger partial charge in [0.05, 0.1) is 4.92 Å². The second-order valence-electron chi connectivity index (χ2n) is 4.20. The molecule has 0 radical (unpaired) electrons. The minimum atomic E-state index is -0.434. The standard InChI is InChI=1S/C12H15N3O3/c1-14-8-6-10(7-9-14)13-18-12-4-2-11(3-5-12)15(16)17/h2-6,13H,7-9H2,1H3. The molecular formula is C12H15N3O3. The molecule has 0 saturated heterocycles. The maximum atomic E-state index is 10.5. The van der Waals surface area contributed by atoms with E-state index in [1.165, 1.54) is 12.1 Å². The van der Waals surface area contributed by atoms with Gasteiger partial charge in [0.2, 0.25) is 0 Å². The summed E-state index contributed by atoms with van der Waals surface area (Å²) in [6.45, 7) is 1.88. The van der Waals surface area contributed by atoms with Crippen LogP contribution in [-0.2, 0) is 0 Å². The highest BCUT2D eigenvalue weighted by Crippen LogP contribution is 2.17. The highest BCUT2D eigenvalue weighted by molar-refractivity contribution is 5.35. The Labute approximate surface area is 105 Å². The molecule has 18 heavy (non-hydrogen) atoms. The number of nitrogens with zero attached hydrogens (tertiary/aromatic N) is 2. The molecule has 1 aromatic rings. The molecule has 6 nitrogen and oxygen atoms in total. The first-order valence-corrected chi connectivity index (χ1v) is 5.70. The normalized spacial score (nSPS) is 15.9. The third-order valence-corrected chi connectivity index (χ3v) is 2.76. The van der Waals surface area contributed by atoms with Crippen molar-refractivity contribution in [2.75, 3.05) is 20.1 Å². The van der Waals surface area contributed by atoms with Crippen LogP contribution in [0.5, 0.6) is 5.75 Å². The van der Waals surface area contributed by atoms with Crippen molar-refractivity contribution in [2.45, 2.75) is 6.42 Å². The van der Waals surface area contributed by atoms with E-state index in [2.05, 4.69) is 23.5 Å². The molecule has 1 aliphatic heterocycles. The predicted molar refractivity (Wildman–Crippen MR) is 67.1 cm³/mol. The van der Waals surface area contributed by atoms with E-state index < -0.39 is 4.92 Å². The molecule has 0 unspecified atom stereocenters. The van der Waals surface area contributed by atoms with E-state index in [0.717, 1.165) is 25.2 Å². The summed E-state index contributed by atoms with van der Waals surface area (Å²) in [7, 11) is 2.06. The number of benzene rings is 1. The SMILES string of the molecule is CN1CC=C(NOc2ccc([N+](=O)[O-])cc2)CC1. The van der Waals surface area contributed by atoms with Crippen LogP contribution in [0.4, 0.5) is 5.69 Å². The van der Waals surface area contributed by atoms with Gasteiger partial charge in [0, 0.05) is 37.3 Å². The molecule has 96 valence electrons. The van der Waals surface area contributed by atoms with Crippen molar-refractivity contribution in [1.29, 1.82) is 0 Å².